The van der Waals surface area contributed by atoms with Crippen LogP contribution in [-0.4, -0.2) is 493 Å². The Kier molecular flexibility index (Phi) is 47.7. The van der Waals surface area contributed by atoms with E-state index in [1.165, 1.54) is 325 Å². The van der Waals surface area contributed by atoms with Crippen molar-refractivity contribution in [2.45, 2.75) is 440 Å². The third-order valence-corrected chi connectivity index (χ3v) is 35.5. The molecule has 15 fully saturated rings. The lowest BCUT2D eigenvalue weighted by molar-refractivity contribution is 0.0105. The summed E-state index contributed by atoms with van der Waals surface area (Å²) in [6.45, 7) is 112. The van der Waals surface area contributed by atoms with Gasteiger partial charge < -0.3 is 34.5 Å². The van der Waals surface area contributed by atoms with Crippen LogP contribution < -0.4 is 0 Å². The Morgan fingerprint density at radius 1 is 0.274 bits per heavy atom. The van der Waals surface area contributed by atoms with Crippen molar-refractivity contribution in [1.82, 2.24) is 98.0 Å². The van der Waals surface area contributed by atoms with Gasteiger partial charge in [0.2, 0.25) is 0 Å². The topological polar surface area (TPSA) is 85.0 Å². The lowest BCUT2D eigenvalue weighted by atomic mass is 9.86. The fraction of sp³-hybridized carbons (Fsp3) is 1.00. The van der Waals surface area contributed by atoms with Crippen LogP contribution in [0.25, 0.3) is 0 Å². The molecule has 21 heteroatoms. The van der Waals surface area contributed by atoms with E-state index in [0.717, 1.165) is 80.1 Å². The van der Waals surface area contributed by atoms with Crippen LogP contribution in [0.3, 0.4) is 0 Å². The third-order valence-electron chi connectivity index (χ3n) is 35.5. The molecule has 135 heavy (non-hydrogen) atoms. The van der Waals surface area contributed by atoms with Crippen molar-refractivity contribution in [3.63, 3.8) is 0 Å². The van der Waals surface area contributed by atoms with Crippen LogP contribution in [0.2, 0.25) is 0 Å². The summed E-state index contributed by atoms with van der Waals surface area (Å²) in [5, 5.41) is 9.40. The predicted molar refractivity (Wildman–Crippen MR) is 587 cm³/mol. The maximum Gasteiger partial charge on any atom is 0.0667 e. The summed E-state index contributed by atoms with van der Waals surface area (Å²) in [5.41, 5.74) is 4.31. The van der Waals surface area contributed by atoms with Gasteiger partial charge >= 0.3 is 0 Å². The molecule has 5 atom stereocenters. The van der Waals surface area contributed by atoms with E-state index in [0.29, 0.717) is 55.3 Å². The number of likely N-dealkylation sites (tertiary alicyclic amines) is 10. The fourth-order valence-corrected chi connectivity index (χ4v) is 24.2. The second-order valence-corrected chi connectivity index (χ2v) is 56.0. The van der Waals surface area contributed by atoms with Crippen LogP contribution in [0, 0.1) is 17.3 Å². The molecular formula is C114H236N20O. The van der Waals surface area contributed by atoms with Gasteiger partial charge in [0.15, 0.2) is 0 Å². The molecule has 0 aromatic rings. The van der Waals surface area contributed by atoms with Crippen LogP contribution in [0.15, 0.2) is 0 Å². The van der Waals surface area contributed by atoms with Gasteiger partial charge in [0.05, 0.1) is 6.10 Å². The summed E-state index contributed by atoms with van der Waals surface area (Å²) in [7, 11) is 20.1. The molecule has 1 saturated carbocycles. The second kappa shape index (κ2) is 53.2. The maximum absolute atomic E-state index is 9.40. The predicted octanol–water partition coefficient (Wildman–Crippen LogP) is 16.7. The maximum atomic E-state index is 9.40. The molecular weight excluding hydrogens is 1670 g/mol. The molecule has 14 heterocycles. The summed E-state index contributed by atoms with van der Waals surface area (Å²) in [5.74, 6) is 1.87. The van der Waals surface area contributed by atoms with Gasteiger partial charge in [-0.3, -0.25) is 68.6 Å². The molecule has 798 valence electrons. The van der Waals surface area contributed by atoms with Gasteiger partial charge in [0, 0.05) is 268 Å². The first-order valence-electron chi connectivity index (χ1n) is 56.5. The summed E-state index contributed by atoms with van der Waals surface area (Å²) in [6.07, 6.45) is 26.8. The average molecular weight is 1900 g/mol. The van der Waals surface area contributed by atoms with Crippen LogP contribution >= 0.6 is 0 Å². The Balaban J connectivity index is 0.000000208. The standard InChI is InChI=1S/C16H31N3.2C15H31N3.C14H29N3.C12H24N2.C12H26N2.C11H24N2.C10H21N.C9H19NO/c1-15(2,3)19-9-5-14(6-10-19)18-12-11-17(4)16(13-18)7-8-16;2*1-13-12-17(11-10-16(13)5)14-6-8-18(9-7-14)15(2,3)4;1-14(2,3)17-7-5-13(6-8-17)16-11-9-15(4)10-12-16;1-11(2,3)14-8-6-12(10-14)5-7-13(4)9-12;1-12(2,3)14-8-6-11(7-9-14)10-13(4)5;1-11(2,3)13-8-6-7-10(9-13)12(4)5;1-9-5-7-11(8-6-9)10(2,3)4;1-9(2,3)10-6-4-5-8(11)7-10/h14H,5-13H2,1-4H3;2*13-14H,6-12H2,1-5H3;13H,5-12H2,1-4H3;5-10H2,1-4H3;11H,6-10H2,1-5H3;10H,6-9H2,1-5H3;9H,5-8H2,1-4H3;8,11H,4-7H2,1-3H3/t;2*13-;;;;;;/m.10....../s1. The number of aliphatic hydroxyl groups is 1. The minimum absolute atomic E-state index is 0.0945. The third kappa shape index (κ3) is 41.1. The largest absolute Gasteiger partial charge is 0.392 e. The SMILES string of the molecule is CC(C)(C)N1CCCC(O)C1.CC1CCN(C(C)(C)C)CC1.CN(C)C1CCCN(C(C)(C)C)C1.CN(C)CC1CCN(C(C)(C)C)CC1.CN1CCC2(CCN(C(C)(C)C)C2)C1.CN1CCN(C2CCN(C(C)(C)C)CC2)CC1.CN1CCN(C2CCN(C(C)(C)C)CC2)CC12CC2.C[C@@H]1CN(C2CCN(C(C)(C)C)CC2)CCN1C.C[C@H]1CN(C2CCN(C(C)(C)C)CC2)CCN1C. The molecule has 15 aliphatic rings. The summed E-state index contributed by atoms with van der Waals surface area (Å²) in [4.78, 5) is 51.6. The van der Waals surface area contributed by atoms with Gasteiger partial charge in [-0.15, -0.1) is 0 Å². The smallest absolute Gasteiger partial charge is 0.0667 e. The first kappa shape index (κ1) is 121. The zero-order chi connectivity index (χ0) is 101. The number of hydrogen-bond acceptors (Lipinski definition) is 21. The van der Waals surface area contributed by atoms with Gasteiger partial charge in [0.1, 0.15) is 0 Å². The fourth-order valence-electron chi connectivity index (χ4n) is 24.2. The van der Waals surface area contributed by atoms with Gasteiger partial charge in [-0.05, 0) is 462 Å². The average Bonchev–Trinajstić information content (AvgIpc) is 1.60. The van der Waals surface area contributed by atoms with E-state index in [-0.39, 0.29) is 11.6 Å². The van der Waals surface area contributed by atoms with Gasteiger partial charge in [-0.1, -0.05) is 6.92 Å². The number of β-amino-alcohol motifs (C(OH)–C–C–N with tert-alkyl or cyclic N) is 1. The zero-order valence-corrected chi connectivity index (χ0v) is 97.8. The van der Waals surface area contributed by atoms with Gasteiger partial charge in [-0.2, -0.15) is 0 Å². The molecule has 14 aliphatic heterocycles. The van der Waals surface area contributed by atoms with Crippen molar-refractivity contribution < 1.29 is 5.11 Å². The molecule has 15 rings (SSSR count). The zero-order valence-electron chi connectivity index (χ0n) is 97.8. The Hall–Kier alpha value is -0.840. The van der Waals surface area contributed by atoms with E-state index in [2.05, 4.69) is 369 Å². The summed E-state index contributed by atoms with van der Waals surface area (Å²) >= 11 is 0. The van der Waals surface area contributed by atoms with Crippen molar-refractivity contribution in [2.24, 2.45) is 17.3 Å². The molecule has 1 aliphatic carbocycles. The Morgan fingerprint density at radius 2 is 0.600 bits per heavy atom. The molecule has 0 aromatic heterocycles. The number of rotatable bonds is 7. The first-order valence-corrected chi connectivity index (χ1v) is 56.5. The van der Waals surface area contributed by atoms with E-state index in [9.17, 15) is 5.11 Å². The molecule has 14 saturated heterocycles. The molecule has 0 bridgehead atoms. The molecule has 21 nitrogen and oxygen atoms in total. The van der Waals surface area contributed by atoms with E-state index in [1.54, 1.807) is 0 Å². The normalized spacial score (nSPS) is 28.9. The van der Waals surface area contributed by atoms with Crippen LogP contribution in [-0.2, 0) is 0 Å². The van der Waals surface area contributed by atoms with Crippen molar-refractivity contribution in [2.75, 3.05) is 286 Å². The second-order valence-electron chi connectivity index (χ2n) is 56.0. The van der Waals surface area contributed by atoms with Crippen LogP contribution in [0.4, 0.5) is 0 Å². The molecule has 0 radical (unpaired) electrons. The molecule has 0 amide bonds. The van der Waals surface area contributed by atoms with Crippen molar-refractivity contribution in [1.29, 1.82) is 0 Å². The highest BCUT2D eigenvalue weighted by molar-refractivity contribution is 5.09. The lowest BCUT2D eigenvalue weighted by Crippen LogP contribution is -2.58. The number of hydrogen-bond donors (Lipinski definition) is 1. The minimum Gasteiger partial charge on any atom is -0.392 e. The lowest BCUT2D eigenvalue weighted by Gasteiger charge is -2.48. The van der Waals surface area contributed by atoms with Gasteiger partial charge in [0.25, 0.3) is 0 Å². The number of nitrogens with zero attached hydrogens (tertiary/aromatic N) is 20. The van der Waals surface area contributed by atoms with Crippen LogP contribution in [0.5, 0.6) is 0 Å². The highest BCUT2D eigenvalue weighted by atomic mass is 16.3. The minimum atomic E-state index is -0.0945. The molecule has 1 N–H and O–H groups in total. The first-order chi connectivity index (χ1) is 62.3. The molecule has 2 spiro atoms. The Morgan fingerprint density at radius 3 is 0.919 bits per heavy atom. The Labute approximate surface area is 841 Å². The quantitative estimate of drug-likeness (QED) is 0.262. The number of piperidine rings is 8. The monoisotopic (exact) mass is 1900 g/mol. The molecule has 3 unspecified atom stereocenters. The number of likely N-dealkylation sites (N-methyl/N-ethyl adjacent to an activating group) is 5. The van der Waals surface area contributed by atoms with Crippen molar-refractivity contribution >= 4 is 0 Å². The highest BCUT2D eigenvalue weighted by Gasteiger charge is 2.51. The van der Waals surface area contributed by atoms with E-state index in [1.807, 2.05) is 0 Å². The highest BCUT2D eigenvalue weighted by Crippen LogP contribution is 2.45. The summed E-state index contributed by atoms with van der Waals surface area (Å²) < 4.78 is 0. The van der Waals surface area contributed by atoms with Gasteiger partial charge in [-0.25, -0.2) is 0 Å². The van der Waals surface area contributed by atoms with E-state index < -0.39 is 0 Å². The number of piperazine rings is 4. The summed E-state index contributed by atoms with van der Waals surface area (Å²) in [6, 6.07) is 5.57. The number of aliphatic hydroxyl groups excluding tert-OH is 1. The Bertz CT molecular complexity index is 3120. The van der Waals surface area contributed by atoms with Crippen molar-refractivity contribution in [3.05, 3.63) is 0 Å². The van der Waals surface area contributed by atoms with Crippen molar-refractivity contribution in [3.8, 4) is 0 Å². The van der Waals surface area contributed by atoms with Crippen LogP contribution in [0.1, 0.15) is 336 Å². The molecule has 0 aromatic carbocycles. The van der Waals surface area contributed by atoms with E-state index in [4.69, 9.17) is 0 Å². The van der Waals surface area contributed by atoms with E-state index >= 15 is 0 Å².